The lowest BCUT2D eigenvalue weighted by Gasteiger charge is -2.06. The van der Waals surface area contributed by atoms with Crippen molar-refractivity contribution in [1.29, 1.82) is 0 Å². The number of thiophene rings is 1. The molecule has 0 spiro atoms. The van der Waals surface area contributed by atoms with Crippen molar-refractivity contribution in [2.75, 3.05) is 17.3 Å². The highest BCUT2D eigenvalue weighted by molar-refractivity contribution is 7.98. The lowest BCUT2D eigenvalue weighted by atomic mass is 10.1. The van der Waals surface area contributed by atoms with E-state index in [0.717, 1.165) is 32.1 Å². The summed E-state index contributed by atoms with van der Waals surface area (Å²) in [6.07, 6.45) is 2.00. The monoisotopic (exact) mass is 343 g/mol. The maximum absolute atomic E-state index is 12.6. The van der Waals surface area contributed by atoms with Gasteiger partial charge in [-0.25, -0.2) is 4.98 Å². The molecule has 0 saturated heterocycles. The minimum absolute atomic E-state index is 0.194. The fourth-order valence-corrected chi connectivity index (χ4v) is 4.10. The molecule has 3 N–H and O–H groups in total. The van der Waals surface area contributed by atoms with Gasteiger partial charge in [-0.05, 0) is 49.9 Å². The summed E-state index contributed by atoms with van der Waals surface area (Å²) in [6, 6.07) is 9.72. The average Bonchev–Trinajstić information content (AvgIpc) is 2.84. The van der Waals surface area contributed by atoms with E-state index < -0.39 is 0 Å². The Kier molecular flexibility index (Phi) is 4.28. The van der Waals surface area contributed by atoms with Gasteiger partial charge in [0.1, 0.15) is 9.71 Å². The second-order valence-electron chi connectivity index (χ2n) is 5.29. The van der Waals surface area contributed by atoms with Gasteiger partial charge in [-0.2, -0.15) is 0 Å². The van der Waals surface area contributed by atoms with Gasteiger partial charge in [-0.3, -0.25) is 4.79 Å². The van der Waals surface area contributed by atoms with E-state index in [0.29, 0.717) is 10.6 Å². The highest BCUT2D eigenvalue weighted by atomic mass is 32.2. The van der Waals surface area contributed by atoms with Crippen molar-refractivity contribution >= 4 is 50.6 Å². The Morgan fingerprint density at radius 1 is 1.30 bits per heavy atom. The van der Waals surface area contributed by atoms with Crippen molar-refractivity contribution in [3.05, 3.63) is 46.5 Å². The Hall–Kier alpha value is -2.05. The number of aromatic nitrogens is 1. The summed E-state index contributed by atoms with van der Waals surface area (Å²) in [5, 5.41) is 3.80. The number of hydrogen-bond donors (Lipinski definition) is 2. The fraction of sp³-hybridized carbons (Fsp3) is 0.176. The number of hydrogen-bond acceptors (Lipinski definition) is 5. The molecule has 0 unspecified atom stereocenters. The number of thioether (sulfide) groups is 1. The standard InChI is InChI=1S/C17H17N3OS2/c1-9-7-10(2)19-17-13(9)14(18)15(23-17)16(21)20-11-5-4-6-12(8-11)22-3/h4-8H,18H2,1-3H3,(H,20,21). The number of benzene rings is 1. The molecule has 3 aromatic rings. The largest absolute Gasteiger partial charge is 0.397 e. The minimum Gasteiger partial charge on any atom is -0.397 e. The fourth-order valence-electron chi connectivity index (χ4n) is 2.53. The number of nitrogens with one attached hydrogen (secondary N) is 1. The first-order chi connectivity index (χ1) is 11.0. The van der Waals surface area contributed by atoms with E-state index in [-0.39, 0.29) is 5.91 Å². The molecular formula is C17H17N3OS2. The predicted molar refractivity (Wildman–Crippen MR) is 99.7 cm³/mol. The third-order valence-corrected chi connectivity index (χ3v) is 5.38. The Balaban J connectivity index is 1.97. The SMILES string of the molecule is CSc1cccc(NC(=O)c2sc3nc(C)cc(C)c3c2N)c1. The van der Waals surface area contributed by atoms with Gasteiger partial charge in [0.2, 0.25) is 0 Å². The number of nitrogens with zero attached hydrogens (tertiary/aromatic N) is 1. The van der Waals surface area contributed by atoms with Crippen molar-refractivity contribution in [3.8, 4) is 0 Å². The molecule has 6 heteroatoms. The van der Waals surface area contributed by atoms with Crippen LogP contribution < -0.4 is 11.1 Å². The van der Waals surface area contributed by atoms with E-state index in [4.69, 9.17) is 5.73 Å². The molecule has 0 fully saturated rings. The molecule has 0 radical (unpaired) electrons. The summed E-state index contributed by atoms with van der Waals surface area (Å²) < 4.78 is 0. The minimum atomic E-state index is -0.194. The molecular weight excluding hydrogens is 326 g/mol. The Morgan fingerprint density at radius 3 is 2.83 bits per heavy atom. The van der Waals surface area contributed by atoms with Crippen LogP contribution >= 0.6 is 23.1 Å². The number of carbonyl (C=O) groups is 1. The number of nitrogen functional groups attached to an aromatic ring is 1. The highest BCUT2D eigenvalue weighted by Crippen LogP contribution is 2.35. The van der Waals surface area contributed by atoms with Crippen LogP contribution in [0.5, 0.6) is 0 Å². The van der Waals surface area contributed by atoms with Gasteiger partial charge in [0.05, 0.1) is 5.69 Å². The molecule has 0 aliphatic carbocycles. The van der Waals surface area contributed by atoms with E-state index in [1.54, 1.807) is 11.8 Å². The van der Waals surface area contributed by atoms with Crippen molar-refractivity contribution < 1.29 is 4.79 Å². The second-order valence-corrected chi connectivity index (χ2v) is 7.17. The van der Waals surface area contributed by atoms with Crippen LogP contribution in [0.3, 0.4) is 0 Å². The first-order valence-electron chi connectivity index (χ1n) is 7.11. The van der Waals surface area contributed by atoms with Crippen molar-refractivity contribution in [2.24, 2.45) is 0 Å². The van der Waals surface area contributed by atoms with Crippen LogP contribution in [0.1, 0.15) is 20.9 Å². The number of pyridine rings is 1. The maximum Gasteiger partial charge on any atom is 0.267 e. The zero-order valence-electron chi connectivity index (χ0n) is 13.1. The van der Waals surface area contributed by atoms with Crippen LogP contribution in [-0.2, 0) is 0 Å². The molecule has 0 atom stereocenters. The predicted octanol–water partition coefficient (Wildman–Crippen LogP) is 4.47. The van der Waals surface area contributed by atoms with E-state index in [2.05, 4.69) is 10.3 Å². The lowest BCUT2D eigenvalue weighted by molar-refractivity contribution is 0.103. The summed E-state index contributed by atoms with van der Waals surface area (Å²) in [7, 11) is 0. The number of carbonyl (C=O) groups excluding carboxylic acids is 1. The molecule has 23 heavy (non-hydrogen) atoms. The molecule has 0 aliphatic rings. The average molecular weight is 343 g/mol. The van der Waals surface area contributed by atoms with E-state index in [9.17, 15) is 4.79 Å². The van der Waals surface area contributed by atoms with Crippen LogP contribution in [0.25, 0.3) is 10.2 Å². The van der Waals surface area contributed by atoms with E-state index in [1.807, 2.05) is 50.4 Å². The molecule has 1 aromatic carbocycles. The lowest BCUT2D eigenvalue weighted by Crippen LogP contribution is -2.11. The normalized spacial score (nSPS) is 10.9. The van der Waals surface area contributed by atoms with Gasteiger partial charge in [0.25, 0.3) is 5.91 Å². The molecule has 0 saturated carbocycles. The molecule has 0 bridgehead atoms. The summed E-state index contributed by atoms with van der Waals surface area (Å²) in [5.41, 5.74) is 9.45. The van der Waals surface area contributed by atoms with Crippen molar-refractivity contribution in [3.63, 3.8) is 0 Å². The first-order valence-corrected chi connectivity index (χ1v) is 9.15. The molecule has 2 aromatic heterocycles. The number of anilines is 2. The molecule has 2 heterocycles. The summed E-state index contributed by atoms with van der Waals surface area (Å²) in [5.74, 6) is -0.194. The molecule has 4 nitrogen and oxygen atoms in total. The summed E-state index contributed by atoms with van der Waals surface area (Å²) in [6.45, 7) is 3.93. The van der Waals surface area contributed by atoms with Gasteiger partial charge < -0.3 is 11.1 Å². The van der Waals surface area contributed by atoms with Crippen LogP contribution in [0.15, 0.2) is 35.2 Å². The van der Waals surface area contributed by atoms with Crippen LogP contribution in [0.2, 0.25) is 0 Å². The molecule has 3 rings (SSSR count). The number of amides is 1. The van der Waals surface area contributed by atoms with Crippen LogP contribution in [0.4, 0.5) is 11.4 Å². The van der Waals surface area contributed by atoms with Gasteiger partial charge in [0.15, 0.2) is 0 Å². The van der Waals surface area contributed by atoms with Crippen molar-refractivity contribution in [2.45, 2.75) is 18.7 Å². The Morgan fingerprint density at radius 2 is 2.09 bits per heavy atom. The third-order valence-electron chi connectivity index (χ3n) is 3.56. The molecule has 0 aliphatic heterocycles. The Bertz CT molecular complexity index is 902. The number of fused-ring (bicyclic) bond motifs is 1. The summed E-state index contributed by atoms with van der Waals surface area (Å²) >= 11 is 2.97. The van der Waals surface area contributed by atoms with Gasteiger partial charge in [-0.1, -0.05) is 6.07 Å². The molecule has 1 amide bonds. The van der Waals surface area contributed by atoms with Gasteiger partial charge in [0, 0.05) is 21.7 Å². The number of rotatable bonds is 3. The number of nitrogens with two attached hydrogens (primary N) is 1. The van der Waals surface area contributed by atoms with E-state index >= 15 is 0 Å². The third kappa shape index (κ3) is 3.04. The van der Waals surface area contributed by atoms with Crippen LogP contribution in [0, 0.1) is 13.8 Å². The zero-order valence-corrected chi connectivity index (χ0v) is 14.8. The van der Waals surface area contributed by atoms with Gasteiger partial charge >= 0.3 is 0 Å². The zero-order chi connectivity index (χ0) is 16.6. The van der Waals surface area contributed by atoms with Crippen molar-refractivity contribution in [1.82, 2.24) is 4.98 Å². The van der Waals surface area contributed by atoms with Gasteiger partial charge in [-0.15, -0.1) is 23.1 Å². The van der Waals surface area contributed by atoms with E-state index in [1.165, 1.54) is 11.3 Å². The Labute approximate surface area is 143 Å². The smallest absolute Gasteiger partial charge is 0.267 e. The molecule has 118 valence electrons. The summed E-state index contributed by atoms with van der Waals surface area (Å²) in [4.78, 5) is 19.5. The topological polar surface area (TPSA) is 68.0 Å². The second kappa shape index (κ2) is 6.22. The quantitative estimate of drug-likeness (QED) is 0.689. The number of aryl methyl sites for hydroxylation is 2. The van der Waals surface area contributed by atoms with Crippen LogP contribution in [-0.4, -0.2) is 17.1 Å². The maximum atomic E-state index is 12.6. The first kappa shape index (κ1) is 15.8. The highest BCUT2D eigenvalue weighted by Gasteiger charge is 2.19.